The van der Waals surface area contributed by atoms with Gasteiger partial charge >= 0.3 is 5.97 Å². The summed E-state index contributed by atoms with van der Waals surface area (Å²) in [5, 5.41) is 22.6. The van der Waals surface area contributed by atoms with Crippen molar-refractivity contribution in [3.63, 3.8) is 0 Å². The number of allylic oxidation sites excluding steroid dienone is 2. The maximum atomic E-state index is 11.3. The average Bonchev–Trinajstić information content (AvgIpc) is 2.82. The molecule has 10 heteroatoms. The summed E-state index contributed by atoms with van der Waals surface area (Å²) in [6.07, 6.45) is 4.37. The Balaban J connectivity index is 1.70. The first kappa shape index (κ1) is 28.9. The third-order valence-corrected chi connectivity index (χ3v) is 5.69. The number of carboxylic acid groups (broad SMARTS) is 1. The van der Waals surface area contributed by atoms with Crippen molar-refractivity contribution in [1.29, 1.82) is 0 Å². The second kappa shape index (κ2) is 14.3. The van der Waals surface area contributed by atoms with Gasteiger partial charge in [-0.1, -0.05) is 30.4 Å². The van der Waals surface area contributed by atoms with Crippen LogP contribution in [-0.4, -0.2) is 63.3 Å². The quantitative estimate of drug-likeness (QED) is 0.161. The smallest absolute Gasteiger partial charge is 0.335 e. The minimum absolute atomic E-state index is 0.0619. The number of hydrogen-bond acceptors (Lipinski definition) is 7. The molecular weight excluding hydrogens is 484 g/mol. The summed E-state index contributed by atoms with van der Waals surface area (Å²) < 4.78 is 36.3. The number of rotatable bonds is 15. The van der Waals surface area contributed by atoms with Crippen LogP contribution < -0.4 is 19.5 Å². The Labute approximate surface area is 212 Å². The molecule has 0 aromatic heterocycles. The van der Waals surface area contributed by atoms with E-state index in [-0.39, 0.29) is 18.8 Å². The van der Waals surface area contributed by atoms with Gasteiger partial charge in [0.05, 0.1) is 17.5 Å². The van der Waals surface area contributed by atoms with Crippen molar-refractivity contribution in [2.45, 2.75) is 26.4 Å². The Morgan fingerprint density at radius 1 is 1.06 bits per heavy atom. The van der Waals surface area contributed by atoms with Crippen molar-refractivity contribution in [3.05, 3.63) is 77.4 Å². The third kappa shape index (κ3) is 10.5. The Kier molecular flexibility index (Phi) is 11.5. The van der Waals surface area contributed by atoms with Crippen LogP contribution in [0.25, 0.3) is 0 Å². The first-order valence-electron chi connectivity index (χ1n) is 11.5. The molecule has 0 aliphatic carbocycles. The highest BCUT2D eigenvalue weighted by molar-refractivity contribution is 7.92. The molecule has 2 rings (SSSR count). The number of anilines is 1. The summed E-state index contributed by atoms with van der Waals surface area (Å²) in [6.45, 7) is 4.68. The van der Waals surface area contributed by atoms with E-state index in [0.717, 1.165) is 18.2 Å². The molecule has 0 amide bonds. The molecule has 0 fully saturated rings. The molecule has 0 bridgehead atoms. The Morgan fingerprint density at radius 3 is 2.39 bits per heavy atom. The highest BCUT2D eigenvalue weighted by Crippen LogP contribution is 2.19. The molecule has 0 heterocycles. The van der Waals surface area contributed by atoms with Crippen molar-refractivity contribution in [2.24, 2.45) is 0 Å². The summed E-state index contributed by atoms with van der Waals surface area (Å²) in [4.78, 5) is 11.3. The lowest BCUT2D eigenvalue weighted by molar-refractivity contribution is -0.132. The molecule has 2 aromatic rings. The van der Waals surface area contributed by atoms with Crippen LogP contribution >= 0.6 is 0 Å². The molecule has 0 spiro atoms. The third-order valence-electron chi connectivity index (χ3n) is 5.08. The first-order valence-corrected chi connectivity index (χ1v) is 13.4. The van der Waals surface area contributed by atoms with E-state index in [4.69, 9.17) is 9.47 Å². The molecular formula is C26H34N2O7S. The van der Waals surface area contributed by atoms with Gasteiger partial charge in [0, 0.05) is 12.6 Å². The van der Waals surface area contributed by atoms with Gasteiger partial charge in [-0.2, -0.15) is 0 Å². The summed E-state index contributed by atoms with van der Waals surface area (Å²) in [6, 6.07) is 14.1. The summed E-state index contributed by atoms with van der Waals surface area (Å²) >= 11 is 0. The number of carbonyl (C=O) groups is 1. The minimum Gasteiger partial charge on any atom is -0.491 e. The zero-order valence-corrected chi connectivity index (χ0v) is 21.5. The van der Waals surface area contributed by atoms with E-state index < -0.39 is 22.1 Å². The Bertz CT molecular complexity index is 1160. The predicted octanol–water partition coefficient (Wildman–Crippen LogP) is 2.99. The van der Waals surface area contributed by atoms with Crippen LogP contribution in [0.2, 0.25) is 0 Å². The van der Waals surface area contributed by atoms with Gasteiger partial charge in [-0.25, -0.2) is 13.2 Å². The molecule has 0 saturated carbocycles. The van der Waals surface area contributed by atoms with Gasteiger partial charge in [0.1, 0.15) is 30.8 Å². The van der Waals surface area contributed by atoms with E-state index in [0.29, 0.717) is 35.8 Å². The van der Waals surface area contributed by atoms with E-state index in [1.807, 2.05) is 24.3 Å². The topological polar surface area (TPSA) is 134 Å². The number of carboxylic acids is 1. The van der Waals surface area contributed by atoms with Gasteiger partial charge in [0.15, 0.2) is 0 Å². The fourth-order valence-electron chi connectivity index (χ4n) is 3.29. The fourth-order valence-corrected chi connectivity index (χ4v) is 3.85. The van der Waals surface area contributed by atoms with Crippen LogP contribution in [0.5, 0.6) is 11.5 Å². The largest absolute Gasteiger partial charge is 0.491 e. The molecule has 36 heavy (non-hydrogen) atoms. The van der Waals surface area contributed by atoms with E-state index in [9.17, 15) is 23.4 Å². The normalized spacial score (nSPS) is 13.2. The summed E-state index contributed by atoms with van der Waals surface area (Å²) in [5.74, 6) is 0.122. The molecule has 1 atom stereocenters. The molecule has 0 unspecified atom stereocenters. The van der Waals surface area contributed by atoms with Crippen LogP contribution in [0.4, 0.5) is 5.69 Å². The lowest BCUT2D eigenvalue weighted by Crippen LogP contribution is -2.32. The standard InChI is InChI=1S/C26H34N2O7S/c1-4-20(25(5-2)26(30)31)17-34-23-11-9-19(10-12-23)13-14-27-16-22(29)18-35-24-8-6-7-21(15-24)28-36(3,32)33/h4-12,15,22,27-29H,13-14,16-18H2,1-3H3,(H,30,31)/b20-4-,25-5+/t22-/m0/s1. The van der Waals surface area contributed by atoms with Crippen LogP contribution in [0.1, 0.15) is 19.4 Å². The first-order chi connectivity index (χ1) is 17.1. The van der Waals surface area contributed by atoms with E-state index >= 15 is 0 Å². The van der Waals surface area contributed by atoms with Crippen molar-refractivity contribution in [2.75, 3.05) is 37.3 Å². The van der Waals surface area contributed by atoms with Gasteiger partial charge in [0.25, 0.3) is 0 Å². The Morgan fingerprint density at radius 2 is 1.78 bits per heavy atom. The van der Waals surface area contributed by atoms with Crippen molar-refractivity contribution >= 4 is 21.7 Å². The van der Waals surface area contributed by atoms with Gasteiger partial charge < -0.3 is 25.0 Å². The Hall–Kier alpha value is -3.34. The second-order valence-corrected chi connectivity index (χ2v) is 9.82. The maximum Gasteiger partial charge on any atom is 0.335 e. The molecule has 0 aliphatic heterocycles. The van der Waals surface area contributed by atoms with Gasteiger partial charge in [0.2, 0.25) is 10.0 Å². The van der Waals surface area contributed by atoms with Crippen molar-refractivity contribution in [1.82, 2.24) is 5.32 Å². The highest BCUT2D eigenvalue weighted by Gasteiger charge is 2.12. The van der Waals surface area contributed by atoms with E-state index in [1.165, 1.54) is 0 Å². The van der Waals surface area contributed by atoms with Crippen molar-refractivity contribution in [3.8, 4) is 11.5 Å². The number of hydrogen-bond donors (Lipinski definition) is 4. The monoisotopic (exact) mass is 518 g/mol. The SMILES string of the molecule is C/C=C(COc1ccc(CCNC[C@H](O)COc2cccc(NS(C)(=O)=O)c2)cc1)\C(=C/C)C(=O)O. The summed E-state index contributed by atoms with van der Waals surface area (Å²) in [5.41, 5.74) is 2.31. The number of ether oxygens (including phenoxy) is 2. The van der Waals surface area contributed by atoms with Gasteiger partial charge in [-0.05, 0) is 62.2 Å². The van der Waals surface area contributed by atoms with Crippen LogP contribution in [-0.2, 0) is 21.2 Å². The van der Waals surface area contributed by atoms with Gasteiger partial charge in [-0.15, -0.1) is 0 Å². The highest BCUT2D eigenvalue weighted by atomic mass is 32.2. The molecule has 0 radical (unpaired) electrons. The van der Waals surface area contributed by atoms with E-state index in [2.05, 4.69) is 10.0 Å². The second-order valence-electron chi connectivity index (χ2n) is 8.08. The molecule has 0 saturated heterocycles. The van der Waals surface area contributed by atoms with Crippen molar-refractivity contribution < 1.29 is 32.9 Å². The predicted molar refractivity (Wildman–Crippen MR) is 140 cm³/mol. The maximum absolute atomic E-state index is 11.3. The number of benzene rings is 2. The van der Waals surface area contributed by atoms with Crippen LogP contribution in [0.3, 0.4) is 0 Å². The molecule has 4 N–H and O–H groups in total. The zero-order chi connectivity index (χ0) is 26.6. The van der Waals surface area contributed by atoms with Crippen LogP contribution in [0.15, 0.2) is 71.8 Å². The zero-order valence-electron chi connectivity index (χ0n) is 20.7. The molecule has 196 valence electrons. The van der Waals surface area contributed by atoms with Crippen LogP contribution in [0, 0.1) is 0 Å². The lowest BCUT2D eigenvalue weighted by Gasteiger charge is -2.14. The summed E-state index contributed by atoms with van der Waals surface area (Å²) in [7, 11) is -3.38. The number of aliphatic carboxylic acids is 1. The number of sulfonamides is 1. The number of nitrogens with one attached hydrogen (secondary N) is 2. The molecule has 9 nitrogen and oxygen atoms in total. The van der Waals surface area contributed by atoms with Gasteiger partial charge in [-0.3, -0.25) is 4.72 Å². The number of aliphatic hydroxyl groups is 1. The molecule has 2 aromatic carbocycles. The lowest BCUT2D eigenvalue weighted by atomic mass is 10.1. The number of aliphatic hydroxyl groups excluding tert-OH is 1. The fraction of sp³-hybridized carbons (Fsp3) is 0.346. The minimum atomic E-state index is -3.38. The average molecular weight is 519 g/mol. The van der Waals surface area contributed by atoms with E-state index in [1.54, 1.807) is 50.3 Å². The molecule has 0 aliphatic rings.